The predicted octanol–water partition coefficient (Wildman–Crippen LogP) is 2.04. The molecule has 2 amide bonds. The van der Waals surface area contributed by atoms with E-state index in [4.69, 9.17) is 4.74 Å². The zero-order chi connectivity index (χ0) is 19.4. The predicted molar refractivity (Wildman–Crippen MR) is 98.5 cm³/mol. The molecule has 3 rings (SSSR count). The molecule has 7 heteroatoms. The molecule has 144 valence electrons. The molecule has 0 unspecified atom stereocenters. The molecule has 1 saturated heterocycles. The fraction of sp³-hybridized carbons (Fsp3) is 0.450. The van der Waals surface area contributed by atoms with Gasteiger partial charge in [0.1, 0.15) is 6.54 Å². The summed E-state index contributed by atoms with van der Waals surface area (Å²) in [7, 11) is 0. The summed E-state index contributed by atoms with van der Waals surface area (Å²) in [6, 6.07) is 7.04. The zero-order valence-electron chi connectivity index (χ0n) is 15.3. The highest BCUT2D eigenvalue weighted by molar-refractivity contribution is 5.84. The van der Waals surface area contributed by atoms with Crippen molar-refractivity contribution in [3.63, 3.8) is 0 Å². The van der Waals surface area contributed by atoms with Gasteiger partial charge >= 0.3 is 5.97 Å². The van der Waals surface area contributed by atoms with Gasteiger partial charge in [0.2, 0.25) is 11.8 Å². The van der Waals surface area contributed by atoms with Crippen LogP contribution in [0.5, 0.6) is 0 Å². The van der Waals surface area contributed by atoms with Crippen LogP contribution in [-0.4, -0.2) is 58.5 Å². The number of hydrogen-bond donors (Lipinski definition) is 1. The number of carboxylic acids is 1. The van der Waals surface area contributed by atoms with Crippen LogP contribution in [0.15, 0.2) is 30.5 Å². The third-order valence-corrected chi connectivity index (χ3v) is 5.09. The van der Waals surface area contributed by atoms with Crippen LogP contribution in [0.1, 0.15) is 43.4 Å². The van der Waals surface area contributed by atoms with E-state index < -0.39 is 12.0 Å². The van der Waals surface area contributed by atoms with Gasteiger partial charge in [-0.15, -0.1) is 0 Å². The van der Waals surface area contributed by atoms with E-state index in [1.807, 2.05) is 30.3 Å². The molecule has 7 nitrogen and oxygen atoms in total. The first-order chi connectivity index (χ1) is 13.0. The topological polar surface area (TPSA) is 87.2 Å². The van der Waals surface area contributed by atoms with Gasteiger partial charge in [0.05, 0.1) is 12.5 Å². The van der Waals surface area contributed by atoms with Gasteiger partial charge in [0.15, 0.2) is 0 Å². The molecule has 2 aliphatic heterocycles. The Morgan fingerprint density at radius 1 is 1.22 bits per heavy atom. The normalized spacial score (nSPS) is 19.4. The van der Waals surface area contributed by atoms with Crippen molar-refractivity contribution in [1.82, 2.24) is 9.80 Å². The van der Waals surface area contributed by atoms with Crippen molar-refractivity contribution in [2.45, 2.75) is 38.3 Å². The summed E-state index contributed by atoms with van der Waals surface area (Å²) in [6.45, 7) is 2.16. The quantitative estimate of drug-likeness (QED) is 0.855. The minimum Gasteiger partial charge on any atom is -0.480 e. The van der Waals surface area contributed by atoms with Gasteiger partial charge in [0.25, 0.3) is 0 Å². The molecule has 0 bridgehead atoms. The van der Waals surface area contributed by atoms with E-state index in [0.717, 1.165) is 11.1 Å². The Labute approximate surface area is 158 Å². The van der Waals surface area contributed by atoms with Crippen molar-refractivity contribution in [2.24, 2.45) is 0 Å². The summed E-state index contributed by atoms with van der Waals surface area (Å²) in [6.07, 6.45) is 4.84. The average Bonchev–Trinajstić information content (AvgIpc) is 2.66. The van der Waals surface area contributed by atoms with Crippen molar-refractivity contribution >= 4 is 23.9 Å². The fourth-order valence-electron chi connectivity index (χ4n) is 3.76. The standard InChI is InChI=1S/C20H24N2O5/c1-14(23)21-9-6-15-4-2-3-5-17(15)18(21)12-19(24)22(13-20(25)26)16-7-10-27-11-8-16/h2-6,9,16,18H,7-8,10-13H2,1H3,(H,25,26)/t18-/m0/s1. The molecule has 1 aromatic rings. The van der Waals surface area contributed by atoms with Crippen LogP contribution >= 0.6 is 0 Å². The number of carbonyl (C=O) groups excluding carboxylic acids is 2. The van der Waals surface area contributed by atoms with E-state index in [9.17, 15) is 19.5 Å². The molecule has 0 saturated carbocycles. The molecule has 0 spiro atoms. The first kappa shape index (κ1) is 19.1. The Hall–Kier alpha value is -2.67. The number of amides is 2. The summed E-state index contributed by atoms with van der Waals surface area (Å²) < 4.78 is 5.33. The summed E-state index contributed by atoms with van der Waals surface area (Å²) in [5, 5.41) is 9.27. The lowest BCUT2D eigenvalue weighted by molar-refractivity contribution is -0.148. The second-order valence-corrected chi connectivity index (χ2v) is 6.85. The first-order valence-electron chi connectivity index (χ1n) is 9.12. The van der Waals surface area contributed by atoms with Crippen LogP contribution in [0.4, 0.5) is 0 Å². The highest BCUT2D eigenvalue weighted by Crippen LogP contribution is 2.33. The van der Waals surface area contributed by atoms with E-state index in [1.165, 1.54) is 11.8 Å². The summed E-state index contributed by atoms with van der Waals surface area (Å²) in [5.41, 5.74) is 1.86. The second kappa shape index (κ2) is 8.35. The molecule has 27 heavy (non-hydrogen) atoms. The Morgan fingerprint density at radius 2 is 1.93 bits per heavy atom. The van der Waals surface area contributed by atoms with E-state index in [2.05, 4.69) is 0 Å². The number of hydrogen-bond acceptors (Lipinski definition) is 4. The molecule has 0 aliphatic carbocycles. The lowest BCUT2D eigenvalue weighted by Crippen LogP contribution is -2.47. The molecule has 1 atom stereocenters. The minimum absolute atomic E-state index is 0.0472. The number of rotatable bonds is 5. The molecule has 1 fully saturated rings. The Morgan fingerprint density at radius 3 is 2.59 bits per heavy atom. The SMILES string of the molecule is CC(=O)N1C=Cc2ccccc2[C@@H]1CC(=O)N(CC(=O)O)C1CCOCC1. The molecular weight excluding hydrogens is 348 g/mol. The van der Waals surface area contributed by atoms with Crippen LogP contribution < -0.4 is 0 Å². The number of aliphatic carboxylic acids is 1. The van der Waals surface area contributed by atoms with Crippen LogP contribution in [0.25, 0.3) is 6.08 Å². The highest BCUT2D eigenvalue weighted by atomic mass is 16.5. The van der Waals surface area contributed by atoms with Crippen LogP contribution in [0.2, 0.25) is 0 Å². The van der Waals surface area contributed by atoms with Crippen molar-refractivity contribution < 1.29 is 24.2 Å². The van der Waals surface area contributed by atoms with Crippen molar-refractivity contribution in [2.75, 3.05) is 19.8 Å². The van der Waals surface area contributed by atoms with Crippen LogP contribution in [-0.2, 0) is 19.1 Å². The lowest BCUT2D eigenvalue weighted by atomic mass is 9.93. The monoisotopic (exact) mass is 372 g/mol. The average molecular weight is 372 g/mol. The van der Waals surface area contributed by atoms with Gasteiger partial charge in [0, 0.05) is 32.4 Å². The van der Waals surface area contributed by atoms with E-state index >= 15 is 0 Å². The Kier molecular flexibility index (Phi) is 5.91. The number of ether oxygens (including phenoxy) is 1. The maximum atomic E-state index is 13.1. The third kappa shape index (κ3) is 4.36. The smallest absolute Gasteiger partial charge is 0.323 e. The minimum atomic E-state index is -1.04. The van der Waals surface area contributed by atoms with Crippen molar-refractivity contribution in [1.29, 1.82) is 0 Å². The summed E-state index contributed by atoms with van der Waals surface area (Å²) in [5.74, 6) is -1.46. The number of carboxylic acid groups (broad SMARTS) is 1. The van der Waals surface area contributed by atoms with Crippen LogP contribution in [0, 0.1) is 0 Å². The molecule has 1 aromatic carbocycles. The van der Waals surface area contributed by atoms with Gasteiger partial charge < -0.3 is 19.6 Å². The van der Waals surface area contributed by atoms with Crippen molar-refractivity contribution in [3.8, 4) is 0 Å². The van der Waals surface area contributed by atoms with Gasteiger partial charge in [-0.05, 0) is 30.0 Å². The molecule has 2 heterocycles. The van der Waals surface area contributed by atoms with E-state index in [1.54, 1.807) is 11.1 Å². The highest BCUT2D eigenvalue weighted by Gasteiger charge is 2.33. The molecule has 0 radical (unpaired) electrons. The van der Waals surface area contributed by atoms with Gasteiger partial charge in [-0.25, -0.2) is 0 Å². The maximum absolute atomic E-state index is 13.1. The zero-order valence-corrected chi connectivity index (χ0v) is 15.3. The van der Waals surface area contributed by atoms with E-state index in [0.29, 0.717) is 26.1 Å². The molecule has 1 N–H and O–H groups in total. The first-order valence-corrected chi connectivity index (χ1v) is 9.12. The van der Waals surface area contributed by atoms with E-state index in [-0.39, 0.29) is 30.8 Å². The number of nitrogens with zero attached hydrogens (tertiary/aromatic N) is 2. The number of benzene rings is 1. The lowest BCUT2D eigenvalue weighted by Gasteiger charge is -2.37. The molecule has 2 aliphatic rings. The number of carbonyl (C=O) groups is 3. The van der Waals surface area contributed by atoms with Gasteiger partial charge in [-0.3, -0.25) is 14.4 Å². The third-order valence-electron chi connectivity index (χ3n) is 5.09. The Balaban J connectivity index is 1.84. The van der Waals surface area contributed by atoms with Gasteiger partial charge in [-0.1, -0.05) is 24.3 Å². The largest absolute Gasteiger partial charge is 0.480 e. The van der Waals surface area contributed by atoms with Gasteiger partial charge in [-0.2, -0.15) is 0 Å². The van der Waals surface area contributed by atoms with Crippen LogP contribution in [0.3, 0.4) is 0 Å². The van der Waals surface area contributed by atoms with Crippen molar-refractivity contribution in [3.05, 3.63) is 41.6 Å². The second-order valence-electron chi connectivity index (χ2n) is 6.85. The number of fused-ring (bicyclic) bond motifs is 1. The fourth-order valence-corrected chi connectivity index (χ4v) is 3.76. The molecular formula is C20H24N2O5. The Bertz CT molecular complexity index is 754. The molecule has 0 aromatic heterocycles. The summed E-state index contributed by atoms with van der Waals surface area (Å²) >= 11 is 0. The maximum Gasteiger partial charge on any atom is 0.323 e. The summed E-state index contributed by atoms with van der Waals surface area (Å²) in [4.78, 5) is 39.5.